The summed E-state index contributed by atoms with van der Waals surface area (Å²) in [5, 5.41) is 2.03. The first kappa shape index (κ1) is 14.0. The molecule has 1 N–H and O–H groups in total. The fraction of sp³-hybridized carbons (Fsp3) is 0.231. The highest BCUT2D eigenvalue weighted by molar-refractivity contribution is 7.93. The van der Waals surface area contributed by atoms with E-state index in [0.29, 0.717) is 18.1 Å². The minimum absolute atomic E-state index is 0.0368. The van der Waals surface area contributed by atoms with Gasteiger partial charge in [-0.15, -0.1) is 11.3 Å². The number of hydrogen-bond acceptors (Lipinski definition) is 5. The van der Waals surface area contributed by atoms with Gasteiger partial charge in [0.2, 0.25) is 5.91 Å². The van der Waals surface area contributed by atoms with Gasteiger partial charge in [-0.2, -0.15) is 0 Å². The molecule has 6 nitrogen and oxygen atoms in total. The van der Waals surface area contributed by atoms with Crippen LogP contribution in [0, 0.1) is 0 Å². The third kappa shape index (κ3) is 2.64. The Morgan fingerprint density at radius 3 is 2.90 bits per heavy atom. The maximum atomic E-state index is 12.3. The number of amides is 1. The fourth-order valence-corrected chi connectivity index (χ4v) is 4.16. The van der Waals surface area contributed by atoms with Gasteiger partial charge in [0.1, 0.15) is 0 Å². The van der Waals surface area contributed by atoms with E-state index in [0.717, 1.165) is 11.3 Å². The largest absolute Gasteiger partial charge is 0.312 e. The highest BCUT2D eigenvalue weighted by Crippen LogP contribution is 2.30. The van der Waals surface area contributed by atoms with Crippen LogP contribution in [0.4, 0.5) is 10.8 Å². The molecule has 1 aromatic carbocycles. The number of nitrogens with zero attached hydrogens (tertiary/aromatic N) is 2. The molecule has 1 aliphatic heterocycles. The Bertz CT molecular complexity index is 785. The number of fused-ring (bicyclic) bond motifs is 1. The lowest BCUT2D eigenvalue weighted by Gasteiger charge is -2.15. The van der Waals surface area contributed by atoms with E-state index < -0.39 is 10.0 Å². The summed E-state index contributed by atoms with van der Waals surface area (Å²) in [4.78, 5) is 17.2. The van der Waals surface area contributed by atoms with Crippen LogP contribution in [0.5, 0.6) is 0 Å². The molecule has 0 aliphatic carbocycles. The highest BCUT2D eigenvalue weighted by Gasteiger charge is 2.25. The number of thiazole rings is 1. The Labute approximate surface area is 126 Å². The van der Waals surface area contributed by atoms with E-state index in [2.05, 4.69) is 9.71 Å². The number of carbonyl (C=O) groups is 1. The summed E-state index contributed by atoms with van der Waals surface area (Å²) >= 11 is 1.22. The van der Waals surface area contributed by atoms with Gasteiger partial charge in [-0.3, -0.25) is 9.52 Å². The van der Waals surface area contributed by atoms with Gasteiger partial charge in [0.05, 0.1) is 4.90 Å². The van der Waals surface area contributed by atoms with E-state index in [4.69, 9.17) is 0 Å². The van der Waals surface area contributed by atoms with Crippen LogP contribution in [0.25, 0.3) is 0 Å². The molecule has 0 atom stereocenters. The zero-order valence-electron chi connectivity index (χ0n) is 11.2. The van der Waals surface area contributed by atoms with Crippen molar-refractivity contribution in [2.75, 3.05) is 16.2 Å². The molecule has 2 heterocycles. The van der Waals surface area contributed by atoms with Gasteiger partial charge in [0.15, 0.2) is 5.13 Å². The minimum atomic E-state index is -3.65. The number of hydrogen-bond donors (Lipinski definition) is 1. The van der Waals surface area contributed by atoms with Crippen LogP contribution in [0.1, 0.15) is 12.5 Å². The van der Waals surface area contributed by atoms with Crippen LogP contribution >= 0.6 is 11.3 Å². The average Bonchev–Trinajstić information content (AvgIpc) is 3.05. The van der Waals surface area contributed by atoms with E-state index in [1.807, 2.05) is 0 Å². The molecular formula is C13H13N3O3S2. The highest BCUT2D eigenvalue weighted by atomic mass is 32.2. The smallest absolute Gasteiger partial charge is 0.263 e. The summed E-state index contributed by atoms with van der Waals surface area (Å²) < 4.78 is 27.0. The maximum Gasteiger partial charge on any atom is 0.263 e. The molecule has 0 spiro atoms. The minimum Gasteiger partial charge on any atom is -0.312 e. The van der Waals surface area contributed by atoms with Crippen LogP contribution in [0.2, 0.25) is 0 Å². The summed E-state index contributed by atoms with van der Waals surface area (Å²) in [5.41, 5.74) is 1.66. The zero-order chi connectivity index (χ0) is 15.0. The number of nitrogens with one attached hydrogen (secondary N) is 1. The van der Waals surface area contributed by atoms with Crippen molar-refractivity contribution >= 4 is 38.1 Å². The molecule has 110 valence electrons. The van der Waals surface area contributed by atoms with Gasteiger partial charge in [-0.05, 0) is 30.2 Å². The van der Waals surface area contributed by atoms with Crippen molar-refractivity contribution in [3.05, 3.63) is 35.3 Å². The zero-order valence-corrected chi connectivity index (χ0v) is 12.9. The number of carbonyl (C=O) groups excluding carboxylic acids is 1. The van der Waals surface area contributed by atoms with Crippen LogP contribution in [0.3, 0.4) is 0 Å². The van der Waals surface area contributed by atoms with Gasteiger partial charge < -0.3 is 4.90 Å². The van der Waals surface area contributed by atoms with Gasteiger partial charge in [0.25, 0.3) is 10.0 Å². The summed E-state index contributed by atoms with van der Waals surface area (Å²) in [6.07, 6.45) is 2.20. The lowest BCUT2D eigenvalue weighted by atomic mass is 10.2. The van der Waals surface area contributed by atoms with Crippen molar-refractivity contribution in [3.63, 3.8) is 0 Å². The summed E-state index contributed by atoms with van der Waals surface area (Å²) in [6.45, 7) is 2.10. The lowest BCUT2D eigenvalue weighted by Crippen LogP contribution is -2.25. The predicted octanol–water partition coefficient (Wildman–Crippen LogP) is 1.85. The molecule has 8 heteroatoms. The number of aromatic nitrogens is 1. The average molecular weight is 323 g/mol. The number of sulfonamides is 1. The molecule has 0 fully saturated rings. The second kappa shape index (κ2) is 5.12. The van der Waals surface area contributed by atoms with Crippen molar-refractivity contribution in [2.45, 2.75) is 18.2 Å². The Balaban J connectivity index is 1.93. The van der Waals surface area contributed by atoms with Crippen molar-refractivity contribution in [1.82, 2.24) is 4.98 Å². The molecule has 0 saturated carbocycles. The molecule has 0 radical (unpaired) electrons. The quantitative estimate of drug-likeness (QED) is 0.935. The summed E-state index contributed by atoms with van der Waals surface area (Å²) in [7, 11) is -3.65. The summed E-state index contributed by atoms with van der Waals surface area (Å²) in [6, 6.07) is 4.81. The second-order valence-electron chi connectivity index (χ2n) is 4.65. The topological polar surface area (TPSA) is 79.4 Å². The predicted molar refractivity (Wildman–Crippen MR) is 81.1 cm³/mol. The Morgan fingerprint density at radius 2 is 2.24 bits per heavy atom. The van der Waals surface area contributed by atoms with Crippen LogP contribution in [-0.4, -0.2) is 25.9 Å². The molecule has 0 bridgehead atoms. The van der Waals surface area contributed by atoms with E-state index in [1.165, 1.54) is 30.5 Å². The normalized spacial score (nSPS) is 14.0. The molecular weight excluding hydrogens is 310 g/mol. The molecule has 0 saturated heterocycles. The van der Waals surface area contributed by atoms with E-state index in [9.17, 15) is 13.2 Å². The van der Waals surface area contributed by atoms with Crippen molar-refractivity contribution in [1.29, 1.82) is 0 Å². The Hall–Kier alpha value is -1.93. The van der Waals surface area contributed by atoms with E-state index in [1.54, 1.807) is 22.4 Å². The van der Waals surface area contributed by atoms with Gasteiger partial charge in [-0.1, -0.05) is 0 Å². The van der Waals surface area contributed by atoms with E-state index >= 15 is 0 Å². The summed E-state index contributed by atoms with van der Waals surface area (Å²) in [5.74, 6) is -0.0368. The Morgan fingerprint density at radius 1 is 1.43 bits per heavy atom. The molecule has 0 unspecified atom stereocenters. The monoisotopic (exact) mass is 323 g/mol. The lowest BCUT2D eigenvalue weighted by molar-refractivity contribution is -0.116. The van der Waals surface area contributed by atoms with Gasteiger partial charge >= 0.3 is 0 Å². The first-order chi connectivity index (χ1) is 9.97. The number of rotatable bonds is 3. The molecule has 1 aliphatic rings. The second-order valence-corrected chi connectivity index (χ2v) is 7.23. The molecule has 1 amide bonds. The SMILES string of the molecule is CC(=O)N1CCc2cc(S(=O)(=O)Nc3nccs3)ccc21. The first-order valence-corrected chi connectivity index (χ1v) is 8.67. The Kier molecular flexibility index (Phi) is 3.42. The number of benzene rings is 1. The van der Waals surface area contributed by atoms with Crippen LogP contribution < -0.4 is 9.62 Å². The van der Waals surface area contributed by atoms with Gasteiger partial charge in [0, 0.05) is 30.7 Å². The van der Waals surface area contributed by atoms with Crippen LogP contribution in [0.15, 0.2) is 34.7 Å². The molecule has 2 aromatic rings. The van der Waals surface area contributed by atoms with Crippen LogP contribution in [-0.2, 0) is 21.2 Å². The molecule has 21 heavy (non-hydrogen) atoms. The van der Waals surface area contributed by atoms with Crippen molar-refractivity contribution in [3.8, 4) is 0 Å². The number of anilines is 2. The molecule has 1 aromatic heterocycles. The van der Waals surface area contributed by atoms with Crippen molar-refractivity contribution < 1.29 is 13.2 Å². The maximum absolute atomic E-state index is 12.3. The molecule has 3 rings (SSSR count). The third-order valence-electron chi connectivity index (χ3n) is 3.29. The fourth-order valence-electron chi connectivity index (χ4n) is 2.32. The third-order valence-corrected chi connectivity index (χ3v) is 5.45. The van der Waals surface area contributed by atoms with Gasteiger partial charge in [-0.25, -0.2) is 13.4 Å². The van der Waals surface area contributed by atoms with Crippen molar-refractivity contribution in [2.24, 2.45) is 0 Å². The van der Waals surface area contributed by atoms with E-state index in [-0.39, 0.29) is 10.8 Å². The standard InChI is InChI=1S/C13H13N3O3S2/c1-9(17)16-6-4-10-8-11(2-3-12(10)16)21(18,19)15-13-14-5-7-20-13/h2-3,5,7-8H,4,6H2,1H3,(H,14,15). The first-order valence-electron chi connectivity index (χ1n) is 6.31.